The van der Waals surface area contributed by atoms with Gasteiger partial charge in [0.25, 0.3) is 0 Å². The van der Waals surface area contributed by atoms with Gasteiger partial charge in [-0.25, -0.2) is 9.13 Å². The van der Waals surface area contributed by atoms with Crippen molar-refractivity contribution < 1.29 is 80.2 Å². The molecule has 0 bridgehead atoms. The van der Waals surface area contributed by atoms with E-state index in [-0.39, 0.29) is 25.7 Å². The van der Waals surface area contributed by atoms with Crippen molar-refractivity contribution in [2.45, 2.75) is 393 Å². The topological polar surface area (TPSA) is 237 Å². The summed E-state index contributed by atoms with van der Waals surface area (Å²) in [6.07, 6.45) is 54.8. The highest BCUT2D eigenvalue weighted by Crippen LogP contribution is 2.45. The van der Waals surface area contributed by atoms with Gasteiger partial charge in [0, 0.05) is 25.7 Å². The first-order valence-corrected chi connectivity index (χ1v) is 40.3. The molecule has 0 rings (SSSR count). The number of carbonyl (C=O) groups excluding carboxylic acids is 4. The van der Waals surface area contributed by atoms with Crippen molar-refractivity contribution in [3.8, 4) is 0 Å². The standard InChI is InChI=1S/C71H138O17P2/c1-5-9-13-17-20-23-25-27-29-30-31-32-33-34-35-37-39-41-43-46-50-54-58-71(76)88-67(62-82-69(74)56-52-48-45-42-40-38-36-28-26-24-21-18-14-10-6-2)64-86-90(79,80)84-60-65(72)59-83-89(77,78)85-63-66(61-81-68(73)55-51-47-16-12-8-4)87-70(75)57-53-49-44-22-19-15-11-7-3/h65-67,72H,5-64H2,1-4H3,(H,77,78)(H,79,80)/t65-,66+,67+/m0/s1. The molecule has 0 fully saturated rings. The second kappa shape index (κ2) is 65.7. The Kier molecular flexibility index (Phi) is 64.3. The van der Waals surface area contributed by atoms with Gasteiger partial charge in [-0.15, -0.1) is 0 Å². The van der Waals surface area contributed by atoms with Gasteiger partial charge in [-0.1, -0.05) is 323 Å². The zero-order valence-corrected chi connectivity index (χ0v) is 59.9. The average Bonchev–Trinajstić information content (AvgIpc) is 3.18. The molecule has 0 amide bonds. The van der Waals surface area contributed by atoms with E-state index in [1.807, 2.05) is 0 Å². The number of rotatable bonds is 72. The van der Waals surface area contributed by atoms with Crippen molar-refractivity contribution in [1.82, 2.24) is 0 Å². The molecule has 0 aliphatic carbocycles. The summed E-state index contributed by atoms with van der Waals surface area (Å²) in [4.78, 5) is 72.1. The van der Waals surface area contributed by atoms with Crippen LogP contribution < -0.4 is 0 Å². The Morgan fingerprint density at radius 1 is 0.267 bits per heavy atom. The quantitative estimate of drug-likeness (QED) is 0.0222. The van der Waals surface area contributed by atoms with Crippen LogP contribution >= 0.6 is 15.6 Å². The Balaban J connectivity index is 5.07. The summed E-state index contributed by atoms with van der Waals surface area (Å²) in [6, 6.07) is 0. The lowest BCUT2D eigenvalue weighted by molar-refractivity contribution is -0.161. The summed E-state index contributed by atoms with van der Waals surface area (Å²) in [5.41, 5.74) is 0. The molecule has 0 aliphatic heterocycles. The van der Waals surface area contributed by atoms with Crippen LogP contribution in [0.15, 0.2) is 0 Å². The van der Waals surface area contributed by atoms with Crippen molar-refractivity contribution in [3.63, 3.8) is 0 Å². The number of phosphoric acid groups is 2. The molecule has 0 aromatic rings. The Bertz CT molecular complexity index is 1720. The second-order valence-electron chi connectivity index (χ2n) is 25.6. The van der Waals surface area contributed by atoms with E-state index in [2.05, 4.69) is 27.7 Å². The minimum Gasteiger partial charge on any atom is -0.462 e. The summed E-state index contributed by atoms with van der Waals surface area (Å²) < 4.78 is 68.0. The Labute approximate surface area is 549 Å². The van der Waals surface area contributed by atoms with Gasteiger partial charge in [-0.3, -0.25) is 37.3 Å². The van der Waals surface area contributed by atoms with Crippen molar-refractivity contribution in [2.75, 3.05) is 39.6 Å². The van der Waals surface area contributed by atoms with E-state index in [9.17, 15) is 43.2 Å². The van der Waals surface area contributed by atoms with E-state index < -0.39 is 97.5 Å². The molecular weight excluding hydrogens is 1190 g/mol. The monoisotopic (exact) mass is 1320 g/mol. The van der Waals surface area contributed by atoms with Gasteiger partial charge < -0.3 is 33.8 Å². The van der Waals surface area contributed by atoms with Crippen molar-refractivity contribution >= 4 is 39.5 Å². The number of hydrogen-bond acceptors (Lipinski definition) is 15. The largest absolute Gasteiger partial charge is 0.472 e. The molecule has 0 aromatic carbocycles. The number of phosphoric ester groups is 2. The highest BCUT2D eigenvalue weighted by atomic mass is 31.2. The van der Waals surface area contributed by atoms with Crippen LogP contribution in [0.2, 0.25) is 0 Å². The maximum atomic E-state index is 13.0. The first kappa shape index (κ1) is 88.1. The number of aliphatic hydroxyl groups is 1. The number of ether oxygens (including phenoxy) is 4. The molecule has 0 aliphatic rings. The fourth-order valence-corrected chi connectivity index (χ4v) is 12.4. The van der Waals surface area contributed by atoms with Crippen LogP contribution in [0.4, 0.5) is 0 Å². The molecule has 0 radical (unpaired) electrons. The smallest absolute Gasteiger partial charge is 0.462 e. The van der Waals surface area contributed by atoms with E-state index in [4.69, 9.17) is 37.0 Å². The fraction of sp³-hybridized carbons (Fsp3) is 0.944. The van der Waals surface area contributed by atoms with Gasteiger partial charge >= 0.3 is 39.5 Å². The molecule has 90 heavy (non-hydrogen) atoms. The molecule has 2 unspecified atom stereocenters. The van der Waals surface area contributed by atoms with Crippen LogP contribution in [0.25, 0.3) is 0 Å². The van der Waals surface area contributed by atoms with E-state index in [0.29, 0.717) is 25.7 Å². The van der Waals surface area contributed by atoms with Gasteiger partial charge in [0.2, 0.25) is 0 Å². The molecule has 0 heterocycles. The van der Waals surface area contributed by atoms with Crippen LogP contribution in [0, 0.1) is 0 Å². The minimum atomic E-state index is -4.95. The predicted molar refractivity (Wildman–Crippen MR) is 363 cm³/mol. The number of carbonyl (C=O) groups is 4. The summed E-state index contributed by atoms with van der Waals surface area (Å²) in [5.74, 6) is -2.14. The maximum absolute atomic E-state index is 13.0. The predicted octanol–water partition coefficient (Wildman–Crippen LogP) is 20.7. The van der Waals surface area contributed by atoms with Crippen LogP contribution in [0.1, 0.15) is 374 Å². The highest BCUT2D eigenvalue weighted by molar-refractivity contribution is 7.47. The van der Waals surface area contributed by atoms with Gasteiger partial charge in [0.15, 0.2) is 12.2 Å². The third kappa shape index (κ3) is 64.8. The SMILES string of the molecule is CCCCCCCCCCCCCCCCCCCCCCCCC(=O)O[C@H](COC(=O)CCCCCCCCCCCCCCCCC)COP(=O)(O)OC[C@@H](O)COP(=O)(O)OC[C@@H](COC(=O)CCCCCCC)OC(=O)CCCCCCCCCC. The summed E-state index contributed by atoms with van der Waals surface area (Å²) >= 11 is 0. The zero-order chi connectivity index (χ0) is 66.1. The molecule has 19 heteroatoms. The molecule has 0 saturated carbocycles. The third-order valence-electron chi connectivity index (χ3n) is 16.6. The summed E-state index contributed by atoms with van der Waals surface area (Å²) in [7, 11) is -9.88. The first-order valence-electron chi connectivity index (χ1n) is 37.3. The van der Waals surface area contributed by atoms with E-state index in [1.165, 1.54) is 193 Å². The molecule has 0 saturated heterocycles. The third-order valence-corrected chi connectivity index (χ3v) is 18.5. The summed E-state index contributed by atoms with van der Waals surface area (Å²) in [5, 5.41) is 10.5. The van der Waals surface area contributed by atoms with Crippen LogP contribution in [-0.4, -0.2) is 96.7 Å². The number of aliphatic hydroxyl groups excluding tert-OH is 1. The first-order chi connectivity index (χ1) is 43.7. The van der Waals surface area contributed by atoms with E-state index in [0.717, 1.165) is 103 Å². The number of unbranched alkanes of at least 4 members (excludes halogenated alkanes) is 46. The molecule has 534 valence electrons. The minimum absolute atomic E-state index is 0.104. The number of esters is 4. The van der Waals surface area contributed by atoms with Crippen LogP contribution in [0.3, 0.4) is 0 Å². The van der Waals surface area contributed by atoms with Crippen molar-refractivity contribution in [2.24, 2.45) is 0 Å². The fourth-order valence-electron chi connectivity index (χ4n) is 10.9. The van der Waals surface area contributed by atoms with Gasteiger partial charge in [-0.05, 0) is 25.7 Å². The van der Waals surface area contributed by atoms with Crippen molar-refractivity contribution in [1.29, 1.82) is 0 Å². The second-order valence-corrected chi connectivity index (χ2v) is 28.5. The Hall–Kier alpha value is -1.94. The van der Waals surface area contributed by atoms with Gasteiger partial charge in [-0.2, -0.15) is 0 Å². The van der Waals surface area contributed by atoms with Crippen LogP contribution in [-0.2, 0) is 65.4 Å². The van der Waals surface area contributed by atoms with Crippen LogP contribution in [0.5, 0.6) is 0 Å². The molecule has 0 spiro atoms. The lowest BCUT2D eigenvalue weighted by Crippen LogP contribution is -2.30. The van der Waals surface area contributed by atoms with E-state index >= 15 is 0 Å². The molecular formula is C71H138O17P2. The molecule has 5 atom stereocenters. The lowest BCUT2D eigenvalue weighted by atomic mass is 10.0. The maximum Gasteiger partial charge on any atom is 0.472 e. The Morgan fingerprint density at radius 2 is 0.444 bits per heavy atom. The normalized spacial score (nSPS) is 14.0. The summed E-state index contributed by atoms with van der Waals surface area (Å²) in [6.45, 7) is 4.83. The molecule has 0 aromatic heterocycles. The number of hydrogen-bond donors (Lipinski definition) is 3. The van der Waals surface area contributed by atoms with E-state index in [1.54, 1.807) is 0 Å². The molecule has 17 nitrogen and oxygen atoms in total. The Morgan fingerprint density at radius 3 is 0.656 bits per heavy atom. The average molecular weight is 1330 g/mol. The molecule has 3 N–H and O–H groups in total. The van der Waals surface area contributed by atoms with Crippen molar-refractivity contribution in [3.05, 3.63) is 0 Å². The van der Waals surface area contributed by atoms with Gasteiger partial charge in [0.1, 0.15) is 19.3 Å². The highest BCUT2D eigenvalue weighted by Gasteiger charge is 2.30. The van der Waals surface area contributed by atoms with Gasteiger partial charge in [0.05, 0.1) is 26.4 Å². The zero-order valence-electron chi connectivity index (χ0n) is 58.1. The lowest BCUT2D eigenvalue weighted by Gasteiger charge is -2.21.